The van der Waals surface area contributed by atoms with Gasteiger partial charge in [-0.15, -0.1) is 0 Å². The van der Waals surface area contributed by atoms with Crippen LogP contribution in [0.5, 0.6) is 0 Å². The van der Waals surface area contributed by atoms with Crippen LogP contribution in [0.4, 0.5) is 11.5 Å². The molecule has 9 heteroatoms. The molecule has 0 aliphatic rings. The van der Waals surface area contributed by atoms with Crippen molar-refractivity contribution in [3.8, 4) is 0 Å². The predicted molar refractivity (Wildman–Crippen MR) is 85.3 cm³/mol. The van der Waals surface area contributed by atoms with Gasteiger partial charge in [-0.2, -0.15) is 14.6 Å². The van der Waals surface area contributed by atoms with Crippen LogP contribution < -0.4 is 11.3 Å². The van der Waals surface area contributed by atoms with Gasteiger partial charge in [0.1, 0.15) is 5.01 Å². The van der Waals surface area contributed by atoms with Gasteiger partial charge in [0, 0.05) is 6.42 Å². The minimum atomic E-state index is -0.821. The van der Waals surface area contributed by atoms with Gasteiger partial charge in [0.05, 0.1) is 4.92 Å². The molecule has 0 aromatic carbocycles. The van der Waals surface area contributed by atoms with E-state index < -0.39 is 16.2 Å². The number of nitrogens with two attached hydrogens (primary N) is 1. The third-order valence-corrected chi connectivity index (χ3v) is 4.35. The van der Waals surface area contributed by atoms with Crippen LogP contribution in [-0.4, -0.2) is 19.5 Å². The fourth-order valence-electron chi connectivity index (χ4n) is 2.22. The quantitative estimate of drug-likeness (QED) is 0.453. The predicted octanol–water partition coefficient (Wildman–Crippen LogP) is 2.54. The molecule has 22 heavy (non-hydrogen) atoms. The van der Waals surface area contributed by atoms with E-state index in [0.717, 1.165) is 28.8 Å². The molecule has 2 aromatic heterocycles. The van der Waals surface area contributed by atoms with Crippen LogP contribution >= 0.6 is 11.3 Å². The lowest BCUT2D eigenvalue weighted by atomic mass is 10.1. The highest BCUT2D eigenvalue weighted by Gasteiger charge is 2.23. The largest absolute Gasteiger partial charge is 0.378 e. The van der Waals surface area contributed by atoms with Gasteiger partial charge in [0.2, 0.25) is 10.8 Å². The fourth-order valence-corrected chi connectivity index (χ4v) is 3.15. The van der Waals surface area contributed by atoms with E-state index in [1.165, 1.54) is 37.0 Å². The molecule has 0 atom stereocenters. The SMILES string of the molecule is CCCCCCCCc1nn2c(=O)c([N+](=O)[O-])c(N)nc2s1. The minimum absolute atomic E-state index is 0.300. The molecular weight excluding hydrogens is 306 g/mol. The van der Waals surface area contributed by atoms with Gasteiger partial charge in [-0.1, -0.05) is 50.4 Å². The van der Waals surface area contributed by atoms with Crippen molar-refractivity contribution in [1.82, 2.24) is 14.6 Å². The molecule has 0 saturated heterocycles. The molecule has 120 valence electrons. The van der Waals surface area contributed by atoms with Crippen LogP contribution in [0.1, 0.15) is 50.5 Å². The minimum Gasteiger partial charge on any atom is -0.378 e. The first kappa shape index (κ1) is 16.3. The lowest BCUT2D eigenvalue weighted by molar-refractivity contribution is -0.385. The van der Waals surface area contributed by atoms with E-state index in [1.54, 1.807) is 0 Å². The summed E-state index contributed by atoms with van der Waals surface area (Å²) >= 11 is 1.25. The van der Waals surface area contributed by atoms with Crippen LogP contribution in [0.25, 0.3) is 4.96 Å². The number of unbranched alkanes of at least 4 members (excludes halogenated alkanes) is 5. The molecule has 2 aromatic rings. The molecule has 8 nitrogen and oxygen atoms in total. The number of hydrogen-bond acceptors (Lipinski definition) is 7. The zero-order valence-corrected chi connectivity index (χ0v) is 13.3. The normalized spacial score (nSPS) is 11.1. The van der Waals surface area contributed by atoms with Crippen LogP contribution in [0.2, 0.25) is 0 Å². The number of rotatable bonds is 8. The summed E-state index contributed by atoms with van der Waals surface area (Å²) in [5.74, 6) is -0.357. The number of nitrogens with zero attached hydrogens (tertiary/aromatic N) is 4. The summed E-state index contributed by atoms with van der Waals surface area (Å²) < 4.78 is 0.978. The highest BCUT2D eigenvalue weighted by atomic mass is 32.1. The number of nitro groups is 1. The zero-order valence-electron chi connectivity index (χ0n) is 12.4. The number of anilines is 1. The Kier molecular flexibility index (Phi) is 5.42. The van der Waals surface area contributed by atoms with Crippen molar-refractivity contribution in [2.75, 3.05) is 5.73 Å². The maximum absolute atomic E-state index is 12.0. The standard InChI is InChI=1S/C13H19N5O3S/c1-2-3-4-5-6-7-8-9-16-17-12(19)10(18(20)21)11(14)15-13(17)22-9/h2-8,14H2,1H3. The first-order chi connectivity index (χ1) is 10.5. The molecule has 0 radical (unpaired) electrons. The average Bonchev–Trinajstić information content (AvgIpc) is 2.85. The van der Waals surface area contributed by atoms with Gasteiger partial charge < -0.3 is 5.73 Å². The molecule has 2 N–H and O–H groups in total. The van der Waals surface area contributed by atoms with Crippen molar-refractivity contribution in [1.29, 1.82) is 0 Å². The zero-order chi connectivity index (χ0) is 16.1. The highest BCUT2D eigenvalue weighted by Crippen LogP contribution is 2.19. The summed E-state index contributed by atoms with van der Waals surface area (Å²) in [4.78, 5) is 26.2. The van der Waals surface area contributed by atoms with E-state index in [2.05, 4.69) is 17.0 Å². The molecule has 2 rings (SSSR count). The Labute approximate surface area is 131 Å². The summed E-state index contributed by atoms with van der Waals surface area (Å²) in [6.07, 6.45) is 7.73. The van der Waals surface area contributed by atoms with E-state index >= 15 is 0 Å². The molecule has 0 aliphatic heterocycles. The van der Waals surface area contributed by atoms with Gasteiger partial charge in [-0.3, -0.25) is 14.9 Å². The molecule has 0 amide bonds. The summed E-state index contributed by atoms with van der Waals surface area (Å²) in [5, 5.41) is 15.7. The fraction of sp³-hybridized carbons (Fsp3) is 0.615. The molecule has 2 heterocycles. The van der Waals surface area contributed by atoms with Gasteiger partial charge in [0.25, 0.3) is 0 Å². The molecule has 0 fully saturated rings. The summed E-state index contributed by atoms with van der Waals surface area (Å²) in [7, 11) is 0. The third kappa shape index (κ3) is 3.59. The van der Waals surface area contributed by atoms with Gasteiger partial charge in [0.15, 0.2) is 0 Å². The van der Waals surface area contributed by atoms with E-state index in [0.29, 0.717) is 4.96 Å². The Hall–Kier alpha value is -2.03. The first-order valence-corrected chi connectivity index (χ1v) is 8.18. The van der Waals surface area contributed by atoms with Crippen molar-refractivity contribution in [2.24, 2.45) is 0 Å². The van der Waals surface area contributed by atoms with Gasteiger partial charge in [-0.25, -0.2) is 0 Å². The number of aromatic nitrogens is 3. The van der Waals surface area contributed by atoms with Crippen molar-refractivity contribution in [3.63, 3.8) is 0 Å². The molecule has 0 saturated carbocycles. The van der Waals surface area contributed by atoms with Crippen molar-refractivity contribution < 1.29 is 4.92 Å². The Morgan fingerprint density at radius 2 is 1.95 bits per heavy atom. The summed E-state index contributed by atoms with van der Waals surface area (Å²) in [6, 6.07) is 0. The van der Waals surface area contributed by atoms with E-state index in [4.69, 9.17) is 5.73 Å². The monoisotopic (exact) mass is 325 g/mol. The first-order valence-electron chi connectivity index (χ1n) is 7.37. The second-order valence-corrected chi connectivity index (χ2v) is 6.16. The highest BCUT2D eigenvalue weighted by molar-refractivity contribution is 7.16. The molecule has 0 bridgehead atoms. The van der Waals surface area contributed by atoms with Crippen LogP contribution in [0.15, 0.2) is 4.79 Å². The number of aryl methyl sites for hydroxylation is 1. The lowest BCUT2D eigenvalue weighted by Gasteiger charge is -1.98. The second kappa shape index (κ2) is 7.30. The molecule has 0 aliphatic carbocycles. The average molecular weight is 325 g/mol. The molecule has 0 unspecified atom stereocenters. The maximum Gasteiger partial charge on any atom is 0.377 e. The Bertz CT molecular complexity index is 724. The van der Waals surface area contributed by atoms with Crippen molar-refractivity contribution in [2.45, 2.75) is 51.9 Å². The number of fused-ring (bicyclic) bond motifs is 1. The number of hydrogen-bond donors (Lipinski definition) is 1. The van der Waals surface area contributed by atoms with Gasteiger partial charge in [-0.05, 0) is 6.42 Å². The summed E-state index contributed by atoms with van der Waals surface area (Å²) in [6.45, 7) is 2.18. The Balaban J connectivity index is 2.09. The molecular formula is C13H19N5O3S. The summed E-state index contributed by atoms with van der Waals surface area (Å²) in [5.41, 5.74) is 3.94. The second-order valence-electron chi connectivity index (χ2n) is 5.12. The Morgan fingerprint density at radius 3 is 2.64 bits per heavy atom. The van der Waals surface area contributed by atoms with Crippen LogP contribution in [0, 0.1) is 10.1 Å². The third-order valence-electron chi connectivity index (χ3n) is 3.38. The topological polar surface area (TPSA) is 116 Å². The van der Waals surface area contributed by atoms with E-state index in [1.807, 2.05) is 0 Å². The molecule has 0 spiro atoms. The van der Waals surface area contributed by atoms with E-state index in [9.17, 15) is 14.9 Å². The van der Waals surface area contributed by atoms with Crippen molar-refractivity contribution in [3.05, 3.63) is 25.5 Å². The number of nitrogen functional groups attached to an aromatic ring is 1. The smallest absolute Gasteiger partial charge is 0.377 e. The van der Waals surface area contributed by atoms with Gasteiger partial charge >= 0.3 is 11.2 Å². The Morgan fingerprint density at radius 1 is 1.27 bits per heavy atom. The van der Waals surface area contributed by atoms with Crippen LogP contribution in [0.3, 0.4) is 0 Å². The lowest BCUT2D eigenvalue weighted by Crippen LogP contribution is -2.20. The van der Waals surface area contributed by atoms with Crippen molar-refractivity contribution >= 4 is 27.8 Å². The van der Waals surface area contributed by atoms with E-state index in [-0.39, 0.29) is 5.82 Å². The maximum atomic E-state index is 12.0. The van der Waals surface area contributed by atoms with Crippen LogP contribution in [-0.2, 0) is 6.42 Å².